The number of aromatic hydroxyl groups is 2. The summed E-state index contributed by atoms with van der Waals surface area (Å²) in [6.45, 7) is 4.00. The van der Waals surface area contributed by atoms with Crippen molar-refractivity contribution >= 4 is 5.57 Å². The zero-order valence-electron chi connectivity index (χ0n) is 14.0. The van der Waals surface area contributed by atoms with Crippen LogP contribution in [0.1, 0.15) is 11.1 Å². The topological polar surface area (TPSA) is 77.4 Å². The van der Waals surface area contributed by atoms with Crippen LogP contribution in [0.3, 0.4) is 0 Å². The van der Waals surface area contributed by atoms with E-state index in [9.17, 15) is 10.2 Å². The number of hydrogen-bond acceptors (Lipinski definition) is 6. The van der Waals surface area contributed by atoms with Gasteiger partial charge in [0, 0.05) is 5.56 Å². The van der Waals surface area contributed by atoms with Crippen molar-refractivity contribution in [1.29, 1.82) is 0 Å². The molecule has 0 aliphatic carbocycles. The predicted octanol–water partition coefficient (Wildman–Crippen LogP) is 3.19. The molecule has 0 saturated heterocycles. The van der Waals surface area contributed by atoms with E-state index in [1.807, 2.05) is 0 Å². The van der Waals surface area contributed by atoms with E-state index in [4.69, 9.17) is 18.9 Å². The standard InChI is InChI=1S/C18H20O6/c1-10(12-6-7-13(21-2)17(20)16(12)19)11-8-14(22-3)18(24-5)15(9-11)23-4/h6-9,19-20H,1H2,2-5H3. The lowest BCUT2D eigenvalue weighted by atomic mass is 9.97. The van der Waals surface area contributed by atoms with Crippen molar-refractivity contribution in [2.45, 2.75) is 0 Å². The van der Waals surface area contributed by atoms with E-state index >= 15 is 0 Å². The van der Waals surface area contributed by atoms with Crippen LogP contribution in [0.15, 0.2) is 30.8 Å². The number of phenols is 2. The molecule has 6 nitrogen and oxygen atoms in total. The second-order valence-electron chi connectivity index (χ2n) is 4.91. The molecule has 0 aliphatic rings. The number of phenolic OH excluding ortho intramolecular Hbond substituents is 2. The minimum atomic E-state index is -0.344. The van der Waals surface area contributed by atoms with Crippen molar-refractivity contribution in [3.05, 3.63) is 42.0 Å². The van der Waals surface area contributed by atoms with Crippen LogP contribution in [-0.2, 0) is 0 Å². The smallest absolute Gasteiger partial charge is 0.203 e. The summed E-state index contributed by atoms with van der Waals surface area (Å²) < 4.78 is 20.9. The lowest BCUT2D eigenvalue weighted by molar-refractivity contribution is 0.324. The van der Waals surface area contributed by atoms with Crippen LogP contribution >= 0.6 is 0 Å². The molecule has 0 aromatic heterocycles. The molecule has 0 radical (unpaired) electrons. The highest BCUT2D eigenvalue weighted by Crippen LogP contribution is 2.45. The predicted molar refractivity (Wildman–Crippen MR) is 90.6 cm³/mol. The summed E-state index contributed by atoms with van der Waals surface area (Å²) in [6, 6.07) is 6.59. The summed E-state index contributed by atoms with van der Waals surface area (Å²) >= 11 is 0. The first-order chi connectivity index (χ1) is 11.5. The van der Waals surface area contributed by atoms with Crippen molar-refractivity contribution in [3.63, 3.8) is 0 Å². The maximum atomic E-state index is 10.2. The molecule has 128 valence electrons. The van der Waals surface area contributed by atoms with Crippen LogP contribution in [0.2, 0.25) is 0 Å². The molecule has 2 rings (SSSR count). The van der Waals surface area contributed by atoms with Crippen molar-refractivity contribution in [2.75, 3.05) is 28.4 Å². The molecular formula is C18H20O6. The summed E-state index contributed by atoms with van der Waals surface area (Å²) in [5.74, 6) is 0.902. The Labute approximate surface area is 140 Å². The monoisotopic (exact) mass is 332 g/mol. The second kappa shape index (κ2) is 7.04. The molecule has 0 bridgehead atoms. The van der Waals surface area contributed by atoms with Gasteiger partial charge in [-0.05, 0) is 35.4 Å². The van der Waals surface area contributed by atoms with Gasteiger partial charge in [0.2, 0.25) is 11.5 Å². The third-order valence-electron chi connectivity index (χ3n) is 3.67. The van der Waals surface area contributed by atoms with Gasteiger partial charge in [-0.2, -0.15) is 0 Å². The van der Waals surface area contributed by atoms with E-state index in [-0.39, 0.29) is 17.2 Å². The van der Waals surface area contributed by atoms with Crippen LogP contribution in [0.25, 0.3) is 5.57 Å². The van der Waals surface area contributed by atoms with E-state index < -0.39 is 0 Å². The molecule has 0 aliphatic heterocycles. The number of benzene rings is 2. The molecule has 0 heterocycles. The normalized spacial score (nSPS) is 10.2. The summed E-state index contributed by atoms with van der Waals surface area (Å²) in [5, 5.41) is 20.2. The first-order valence-electron chi connectivity index (χ1n) is 7.07. The Balaban J connectivity index is 2.56. The highest BCUT2D eigenvalue weighted by Gasteiger charge is 2.19. The number of hydrogen-bond donors (Lipinski definition) is 2. The first-order valence-corrected chi connectivity index (χ1v) is 7.07. The van der Waals surface area contributed by atoms with Crippen LogP contribution < -0.4 is 18.9 Å². The zero-order chi connectivity index (χ0) is 17.9. The fraction of sp³-hybridized carbons (Fsp3) is 0.222. The van der Waals surface area contributed by atoms with E-state index in [0.717, 1.165) is 0 Å². The molecule has 0 amide bonds. The van der Waals surface area contributed by atoms with Gasteiger partial charge < -0.3 is 29.2 Å². The minimum absolute atomic E-state index is 0.175. The maximum absolute atomic E-state index is 10.2. The van der Waals surface area contributed by atoms with Crippen molar-refractivity contribution in [3.8, 4) is 34.5 Å². The lowest BCUT2D eigenvalue weighted by Gasteiger charge is -2.16. The number of ether oxygens (including phenoxy) is 4. The molecule has 6 heteroatoms. The fourth-order valence-corrected chi connectivity index (χ4v) is 2.38. The van der Waals surface area contributed by atoms with Crippen LogP contribution in [-0.4, -0.2) is 38.7 Å². The average molecular weight is 332 g/mol. The molecule has 2 aromatic rings. The van der Waals surface area contributed by atoms with E-state index in [2.05, 4.69) is 6.58 Å². The lowest BCUT2D eigenvalue weighted by Crippen LogP contribution is -1.97. The SMILES string of the molecule is C=C(c1cc(OC)c(OC)c(OC)c1)c1ccc(OC)c(O)c1O. The van der Waals surface area contributed by atoms with Gasteiger partial charge in [-0.25, -0.2) is 0 Å². The molecule has 0 spiro atoms. The highest BCUT2D eigenvalue weighted by atomic mass is 16.5. The summed E-state index contributed by atoms with van der Waals surface area (Å²) in [5.41, 5.74) is 1.48. The van der Waals surface area contributed by atoms with Crippen molar-refractivity contribution < 1.29 is 29.2 Å². The Bertz CT molecular complexity index is 741. The second-order valence-corrected chi connectivity index (χ2v) is 4.91. The molecule has 0 unspecified atom stereocenters. The van der Waals surface area contributed by atoms with Gasteiger partial charge >= 0.3 is 0 Å². The van der Waals surface area contributed by atoms with Crippen LogP contribution in [0.5, 0.6) is 34.5 Å². The zero-order valence-corrected chi connectivity index (χ0v) is 14.0. The van der Waals surface area contributed by atoms with E-state index in [1.165, 1.54) is 28.4 Å². The van der Waals surface area contributed by atoms with Gasteiger partial charge in [0.05, 0.1) is 28.4 Å². The first kappa shape index (κ1) is 17.3. The Morgan fingerprint density at radius 1 is 0.792 bits per heavy atom. The maximum Gasteiger partial charge on any atom is 0.203 e. The average Bonchev–Trinajstić information content (AvgIpc) is 2.61. The van der Waals surface area contributed by atoms with Gasteiger partial charge in [0.15, 0.2) is 23.0 Å². The molecular weight excluding hydrogens is 312 g/mol. The fourth-order valence-electron chi connectivity index (χ4n) is 2.38. The molecule has 0 fully saturated rings. The molecule has 0 atom stereocenters. The number of methoxy groups -OCH3 is 4. The van der Waals surface area contributed by atoms with Gasteiger partial charge in [-0.3, -0.25) is 0 Å². The minimum Gasteiger partial charge on any atom is -0.504 e. The summed E-state index contributed by atoms with van der Waals surface area (Å²) in [6.07, 6.45) is 0. The van der Waals surface area contributed by atoms with E-state index in [0.29, 0.717) is 33.9 Å². The van der Waals surface area contributed by atoms with Gasteiger partial charge in [-0.15, -0.1) is 0 Å². The Kier molecular flexibility index (Phi) is 5.08. The Morgan fingerprint density at radius 2 is 1.33 bits per heavy atom. The summed E-state index contributed by atoms with van der Waals surface area (Å²) in [4.78, 5) is 0. The molecule has 24 heavy (non-hydrogen) atoms. The molecule has 2 N–H and O–H groups in total. The van der Waals surface area contributed by atoms with Crippen molar-refractivity contribution in [2.24, 2.45) is 0 Å². The van der Waals surface area contributed by atoms with Gasteiger partial charge in [0.25, 0.3) is 0 Å². The number of rotatable bonds is 6. The Hall–Kier alpha value is -3.02. The largest absolute Gasteiger partial charge is 0.504 e. The molecule has 2 aromatic carbocycles. The van der Waals surface area contributed by atoms with E-state index in [1.54, 1.807) is 24.3 Å². The van der Waals surface area contributed by atoms with Gasteiger partial charge in [0.1, 0.15) is 0 Å². The van der Waals surface area contributed by atoms with Crippen LogP contribution in [0, 0.1) is 0 Å². The third-order valence-corrected chi connectivity index (χ3v) is 3.67. The van der Waals surface area contributed by atoms with Crippen LogP contribution in [0.4, 0.5) is 0 Å². The van der Waals surface area contributed by atoms with Crippen molar-refractivity contribution in [1.82, 2.24) is 0 Å². The quantitative estimate of drug-likeness (QED) is 0.791. The van der Waals surface area contributed by atoms with Gasteiger partial charge in [-0.1, -0.05) is 6.58 Å². The third kappa shape index (κ3) is 2.90. The molecule has 0 saturated carbocycles. The summed E-state index contributed by atoms with van der Waals surface area (Å²) in [7, 11) is 5.95. The highest BCUT2D eigenvalue weighted by molar-refractivity contribution is 5.85. The Morgan fingerprint density at radius 3 is 1.79 bits per heavy atom.